The van der Waals surface area contributed by atoms with Crippen molar-refractivity contribution in [2.45, 2.75) is 20.3 Å². The van der Waals surface area contributed by atoms with Crippen LogP contribution in [0.3, 0.4) is 0 Å². The summed E-state index contributed by atoms with van der Waals surface area (Å²) in [5.41, 5.74) is 8.30. The van der Waals surface area contributed by atoms with Crippen molar-refractivity contribution in [1.29, 1.82) is 0 Å². The van der Waals surface area contributed by atoms with E-state index in [1.807, 2.05) is 29.6 Å². The lowest BCUT2D eigenvalue weighted by molar-refractivity contribution is -0.120. The summed E-state index contributed by atoms with van der Waals surface area (Å²) in [6.07, 6.45) is 0.340. The Labute approximate surface area is 123 Å². The van der Waals surface area contributed by atoms with Crippen LogP contribution in [-0.2, 0) is 11.2 Å². The van der Waals surface area contributed by atoms with Crippen LogP contribution in [0.15, 0.2) is 29.6 Å². The van der Waals surface area contributed by atoms with E-state index in [0.29, 0.717) is 18.9 Å². The van der Waals surface area contributed by atoms with Gasteiger partial charge in [0.15, 0.2) is 0 Å². The maximum absolute atomic E-state index is 11.7. The Morgan fingerprint density at radius 3 is 2.70 bits per heavy atom. The molecule has 0 spiro atoms. The Hall–Kier alpha value is -1.88. The SMILES string of the molecule is CC(C)CNC(=O)Cc1nc(-c2ccc(N)cc2)cs1. The molecule has 0 aliphatic carbocycles. The Bertz CT molecular complexity index is 575. The minimum absolute atomic E-state index is 0.0249. The number of hydrogen-bond acceptors (Lipinski definition) is 4. The fourth-order valence-electron chi connectivity index (χ4n) is 1.70. The van der Waals surface area contributed by atoms with Gasteiger partial charge in [0, 0.05) is 23.2 Å². The number of benzene rings is 1. The van der Waals surface area contributed by atoms with Crippen molar-refractivity contribution in [3.63, 3.8) is 0 Å². The number of anilines is 1. The third kappa shape index (κ3) is 4.06. The predicted molar refractivity (Wildman–Crippen MR) is 83.5 cm³/mol. The zero-order chi connectivity index (χ0) is 14.5. The van der Waals surface area contributed by atoms with Gasteiger partial charge < -0.3 is 11.1 Å². The van der Waals surface area contributed by atoms with Crippen molar-refractivity contribution in [3.8, 4) is 11.3 Å². The smallest absolute Gasteiger partial charge is 0.226 e. The standard InChI is InChI=1S/C15H19N3OS/c1-10(2)8-17-14(19)7-15-18-13(9-20-15)11-3-5-12(16)6-4-11/h3-6,9-10H,7-8,16H2,1-2H3,(H,17,19). The second-order valence-corrected chi connectivity index (χ2v) is 6.07. The van der Waals surface area contributed by atoms with Gasteiger partial charge in [-0.25, -0.2) is 4.98 Å². The summed E-state index contributed by atoms with van der Waals surface area (Å²) in [4.78, 5) is 16.2. The molecule has 0 saturated carbocycles. The van der Waals surface area contributed by atoms with Crippen LogP contribution in [-0.4, -0.2) is 17.4 Å². The molecule has 20 heavy (non-hydrogen) atoms. The summed E-state index contributed by atoms with van der Waals surface area (Å²) in [6.45, 7) is 4.85. The van der Waals surface area contributed by atoms with Crippen LogP contribution in [0, 0.1) is 5.92 Å². The third-order valence-corrected chi connectivity index (χ3v) is 3.63. The molecule has 1 aromatic carbocycles. The number of nitrogen functional groups attached to an aromatic ring is 1. The van der Waals surface area contributed by atoms with Gasteiger partial charge in [0.25, 0.3) is 0 Å². The summed E-state index contributed by atoms with van der Waals surface area (Å²) >= 11 is 1.51. The average molecular weight is 289 g/mol. The molecule has 0 atom stereocenters. The Morgan fingerprint density at radius 2 is 2.05 bits per heavy atom. The van der Waals surface area contributed by atoms with Crippen LogP contribution >= 0.6 is 11.3 Å². The predicted octanol–water partition coefficient (Wildman–Crippen LogP) is 2.71. The van der Waals surface area contributed by atoms with Crippen molar-refractivity contribution in [2.24, 2.45) is 5.92 Å². The number of rotatable bonds is 5. The van der Waals surface area contributed by atoms with Gasteiger partial charge in [0.1, 0.15) is 5.01 Å². The normalized spacial score (nSPS) is 10.8. The topological polar surface area (TPSA) is 68.0 Å². The molecule has 106 valence electrons. The number of nitrogens with one attached hydrogen (secondary N) is 1. The first kappa shape index (κ1) is 14.5. The van der Waals surface area contributed by atoms with E-state index in [2.05, 4.69) is 24.1 Å². The van der Waals surface area contributed by atoms with Crippen LogP contribution in [0.25, 0.3) is 11.3 Å². The molecule has 2 aromatic rings. The zero-order valence-corrected chi connectivity index (χ0v) is 12.5. The lowest BCUT2D eigenvalue weighted by Crippen LogP contribution is -2.28. The molecule has 0 bridgehead atoms. The van der Waals surface area contributed by atoms with E-state index < -0.39 is 0 Å². The van der Waals surface area contributed by atoms with E-state index in [4.69, 9.17) is 5.73 Å². The first-order chi connectivity index (χ1) is 9.54. The van der Waals surface area contributed by atoms with Gasteiger partial charge in [-0.15, -0.1) is 11.3 Å². The van der Waals surface area contributed by atoms with Crippen molar-refractivity contribution < 1.29 is 4.79 Å². The molecule has 0 fully saturated rings. The molecule has 0 aliphatic heterocycles. The van der Waals surface area contributed by atoms with Crippen LogP contribution in [0.5, 0.6) is 0 Å². The lowest BCUT2D eigenvalue weighted by atomic mass is 10.1. The molecule has 0 unspecified atom stereocenters. The third-order valence-electron chi connectivity index (χ3n) is 2.78. The molecule has 5 heteroatoms. The Morgan fingerprint density at radius 1 is 1.35 bits per heavy atom. The molecular weight excluding hydrogens is 270 g/mol. The highest BCUT2D eigenvalue weighted by Gasteiger charge is 2.09. The molecule has 0 saturated heterocycles. The molecule has 0 aliphatic rings. The van der Waals surface area contributed by atoms with E-state index >= 15 is 0 Å². The number of amides is 1. The summed E-state index contributed by atoms with van der Waals surface area (Å²) < 4.78 is 0. The second kappa shape index (κ2) is 6.52. The first-order valence-electron chi connectivity index (χ1n) is 6.61. The van der Waals surface area contributed by atoms with Crippen LogP contribution in [0.4, 0.5) is 5.69 Å². The van der Waals surface area contributed by atoms with Gasteiger partial charge in [0.2, 0.25) is 5.91 Å². The van der Waals surface area contributed by atoms with Crippen molar-refractivity contribution in [3.05, 3.63) is 34.7 Å². The number of nitrogens with two attached hydrogens (primary N) is 1. The van der Waals surface area contributed by atoms with E-state index in [1.54, 1.807) is 0 Å². The quantitative estimate of drug-likeness (QED) is 0.832. The number of thiazole rings is 1. The van der Waals surface area contributed by atoms with Crippen LogP contribution < -0.4 is 11.1 Å². The maximum Gasteiger partial charge on any atom is 0.226 e. The largest absolute Gasteiger partial charge is 0.399 e. The number of carbonyl (C=O) groups is 1. The Balaban J connectivity index is 1.98. The fourth-order valence-corrected chi connectivity index (χ4v) is 2.50. The number of nitrogens with zero attached hydrogens (tertiary/aromatic N) is 1. The number of carbonyl (C=O) groups excluding carboxylic acids is 1. The molecule has 4 nitrogen and oxygen atoms in total. The van der Waals surface area contributed by atoms with E-state index in [1.165, 1.54) is 11.3 Å². The molecule has 1 amide bonds. The molecule has 2 rings (SSSR count). The van der Waals surface area contributed by atoms with E-state index in [-0.39, 0.29) is 5.91 Å². The molecule has 0 radical (unpaired) electrons. The molecule has 3 N–H and O–H groups in total. The van der Waals surface area contributed by atoms with Gasteiger partial charge in [-0.2, -0.15) is 0 Å². The van der Waals surface area contributed by atoms with E-state index in [9.17, 15) is 4.79 Å². The Kier molecular flexibility index (Phi) is 4.74. The van der Waals surface area contributed by atoms with Gasteiger partial charge in [-0.1, -0.05) is 26.0 Å². The monoisotopic (exact) mass is 289 g/mol. The average Bonchev–Trinajstić information content (AvgIpc) is 2.85. The minimum Gasteiger partial charge on any atom is -0.399 e. The van der Waals surface area contributed by atoms with Crippen molar-refractivity contribution >= 4 is 22.9 Å². The van der Waals surface area contributed by atoms with E-state index in [0.717, 1.165) is 22.0 Å². The van der Waals surface area contributed by atoms with Gasteiger partial charge in [0.05, 0.1) is 12.1 Å². The summed E-state index contributed by atoms with van der Waals surface area (Å²) in [5.74, 6) is 0.484. The molecule has 1 aromatic heterocycles. The summed E-state index contributed by atoms with van der Waals surface area (Å²) in [5, 5.41) is 5.70. The summed E-state index contributed by atoms with van der Waals surface area (Å²) in [6, 6.07) is 7.58. The number of hydrogen-bond donors (Lipinski definition) is 2. The van der Waals surface area contributed by atoms with Crippen LogP contribution in [0.1, 0.15) is 18.9 Å². The molecule has 1 heterocycles. The zero-order valence-electron chi connectivity index (χ0n) is 11.7. The second-order valence-electron chi connectivity index (χ2n) is 5.12. The van der Waals surface area contributed by atoms with Gasteiger partial charge >= 0.3 is 0 Å². The fraction of sp³-hybridized carbons (Fsp3) is 0.333. The molecular formula is C15H19N3OS. The lowest BCUT2D eigenvalue weighted by Gasteiger charge is -2.05. The minimum atomic E-state index is 0.0249. The van der Waals surface area contributed by atoms with Crippen LogP contribution in [0.2, 0.25) is 0 Å². The van der Waals surface area contributed by atoms with Gasteiger partial charge in [-0.3, -0.25) is 4.79 Å². The number of aromatic nitrogens is 1. The highest BCUT2D eigenvalue weighted by molar-refractivity contribution is 7.10. The maximum atomic E-state index is 11.7. The first-order valence-corrected chi connectivity index (χ1v) is 7.49. The van der Waals surface area contributed by atoms with Crippen molar-refractivity contribution in [2.75, 3.05) is 12.3 Å². The summed E-state index contributed by atoms with van der Waals surface area (Å²) in [7, 11) is 0. The van der Waals surface area contributed by atoms with Crippen molar-refractivity contribution in [1.82, 2.24) is 10.3 Å². The van der Waals surface area contributed by atoms with Gasteiger partial charge in [-0.05, 0) is 18.1 Å². The highest BCUT2D eigenvalue weighted by Crippen LogP contribution is 2.23. The highest BCUT2D eigenvalue weighted by atomic mass is 32.1.